The summed E-state index contributed by atoms with van der Waals surface area (Å²) in [7, 11) is -3.58. The van der Waals surface area contributed by atoms with Gasteiger partial charge in [0.2, 0.25) is 15.9 Å². The van der Waals surface area contributed by atoms with Crippen molar-refractivity contribution in [1.82, 2.24) is 14.1 Å². The van der Waals surface area contributed by atoms with Crippen LogP contribution >= 0.6 is 0 Å². The topological polar surface area (TPSA) is 60.9 Å². The standard InChI is InChI=1S/C22H27N3O3S/c1-3-11-23(12-4-2)18-22(26)24-13-15-25(16-14-24)29(27,28)21-10-9-19-7-5-6-8-20(19)17-21/h3-10,17H,1-2,11-16,18H2. The SMILES string of the molecule is C=CCN(CC=C)CC(=O)N1CCN(S(=O)(=O)c2ccc3ccccc3c2)CC1. The maximum Gasteiger partial charge on any atom is 0.243 e. The number of nitrogens with zero attached hydrogens (tertiary/aromatic N) is 3. The largest absolute Gasteiger partial charge is 0.339 e. The second kappa shape index (κ2) is 9.35. The van der Waals surface area contributed by atoms with Crippen LogP contribution in [0, 0.1) is 0 Å². The Labute approximate surface area is 172 Å². The lowest BCUT2D eigenvalue weighted by molar-refractivity contribution is -0.133. The lowest BCUT2D eigenvalue weighted by Crippen LogP contribution is -2.52. The summed E-state index contributed by atoms with van der Waals surface area (Å²) in [4.78, 5) is 16.5. The summed E-state index contributed by atoms with van der Waals surface area (Å²) in [5, 5.41) is 1.90. The van der Waals surface area contributed by atoms with E-state index < -0.39 is 10.0 Å². The van der Waals surface area contributed by atoms with Gasteiger partial charge in [0.25, 0.3) is 0 Å². The number of rotatable bonds is 8. The first-order valence-corrected chi connectivity index (χ1v) is 11.1. The van der Waals surface area contributed by atoms with Crippen LogP contribution in [0.4, 0.5) is 0 Å². The number of hydrogen-bond acceptors (Lipinski definition) is 4. The second-order valence-electron chi connectivity index (χ2n) is 7.07. The van der Waals surface area contributed by atoms with E-state index in [1.807, 2.05) is 35.2 Å². The van der Waals surface area contributed by atoms with Crippen molar-refractivity contribution in [3.05, 3.63) is 67.8 Å². The molecule has 1 amide bonds. The summed E-state index contributed by atoms with van der Waals surface area (Å²) in [6.07, 6.45) is 3.51. The van der Waals surface area contributed by atoms with Crippen molar-refractivity contribution in [3.63, 3.8) is 0 Å². The first kappa shape index (κ1) is 21.2. The molecule has 0 aliphatic carbocycles. The molecule has 0 bridgehead atoms. The summed E-state index contributed by atoms with van der Waals surface area (Å²) in [6.45, 7) is 10.3. The fourth-order valence-electron chi connectivity index (χ4n) is 3.51. The normalized spacial score (nSPS) is 15.6. The molecule has 2 aromatic carbocycles. The number of piperazine rings is 1. The van der Waals surface area contributed by atoms with Crippen LogP contribution in [0.3, 0.4) is 0 Å². The zero-order valence-electron chi connectivity index (χ0n) is 16.5. The van der Waals surface area contributed by atoms with Gasteiger partial charge in [-0.15, -0.1) is 13.2 Å². The number of sulfonamides is 1. The quantitative estimate of drug-likeness (QED) is 0.624. The van der Waals surface area contributed by atoms with Crippen LogP contribution in [-0.4, -0.2) is 74.2 Å². The van der Waals surface area contributed by atoms with Crippen molar-refractivity contribution in [2.24, 2.45) is 0 Å². The molecule has 0 N–H and O–H groups in total. The van der Waals surface area contributed by atoms with Gasteiger partial charge in [0.15, 0.2) is 0 Å². The Morgan fingerprint density at radius 3 is 2.21 bits per heavy atom. The molecule has 1 aliphatic heterocycles. The molecule has 1 saturated heterocycles. The molecule has 1 fully saturated rings. The van der Waals surface area contributed by atoms with Crippen molar-refractivity contribution < 1.29 is 13.2 Å². The highest BCUT2D eigenvalue weighted by Gasteiger charge is 2.30. The average molecular weight is 414 g/mol. The van der Waals surface area contributed by atoms with Crippen molar-refractivity contribution >= 4 is 26.7 Å². The Balaban J connectivity index is 1.65. The maximum absolute atomic E-state index is 13.0. The number of benzene rings is 2. The van der Waals surface area contributed by atoms with E-state index in [1.54, 1.807) is 29.2 Å². The molecule has 0 unspecified atom stereocenters. The van der Waals surface area contributed by atoms with Crippen LogP contribution in [0.25, 0.3) is 10.8 Å². The van der Waals surface area contributed by atoms with E-state index in [2.05, 4.69) is 13.2 Å². The van der Waals surface area contributed by atoms with Gasteiger partial charge in [0.05, 0.1) is 11.4 Å². The van der Waals surface area contributed by atoms with Crippen molar-refractivity contribution in [1.29, 1.82) is 0 Å². The van der Waals surface area contributed by atoms with Crippen LogP contribution < -0.4 is 0 Å². The van der Waals surface area contributed by atoms with Gasteiger partial charge in [0, 0.05) is 39.3 Å². The molecule has 0 atom stereocenters. The summed E-state index contributed by atoms with van der Waals surface area (Å²) < 4.78 is 27.6. The second-order valence-corrected chi connectivity index (χ2v) is 9.00. The van der Waals surface area contributed by atoms with Gasteiger partial charge in [-0.1, -0.05) is 42.5 Å². The molecule has 154 valence electrons. The monoisotopic (exact) mass is 413 g/mol. The minimum absolute atomic E-state index is 0.00328. The zero-order chi connectivity index (χ0) is 20.9. The molecule has 0 spiro atoms. The van der Waals surface area contributed by atoms with E-state index in [-0.39, 0.29) is 12.5 Å². The van der Waals surface area contributed by atoms with Gasteiger partial charge in [-0.25, -0.2) is 8.42 Å². The minimum atomic E-state index is -3.58. The maximum atomic E-state index is 13.0. The molecule has 0 saturated carbocycles. The highest BCUT2D eigenvalue weighted by Crippen LogP contribution is 2.22. The average Bonchev–Trinajstić information content (AvgIpc) is 2.74. The molecule has 7 heteroatoms. The Bertz CT molecular complexity index is 985. The number of carbonyl (C=O) groups is 1. The van der Waals surface area contributed by atoms with Crippen LogP contribution in [-0.2, 0) is 14.8 Å². The Morgan fingerprint density at radius 1 is 0.966 bits per heavy atom. The Kier molecular flexibility index (Phi) is 6.84. The Morgan fingerprint density at radius 2 is 1.59 bits per heavy atom. The third kappa shape index (κ3) is 4.93. The van der Waals surface area contributed by atoms with E-state index >= 15 is 0 Å². The first-order chi connectivity index (χ1) is 14.0. The lowest BCUT2D eigenvalue weighted by Gasteiger charge is -2.35. The number of amides is 1. The predicted molar refractivity (Wildman–Crippen MR) is 116 cm³/mol. The smallest absolute Gasteiger partial charge is 0.243 e. The number of hydrogen-bond donors (Lipinski definition) is 0. The molecule has 2 aromatic rings. The Hall–Kier alpha value is -2.48. The number of carbonyl (C=O) groups excluding carboxylic acids is 1. The fourth-order valence-corrected chi connectivity index (χ4v) is 4.97. The summed E-state index contributed by atoms with van der Waals surface area (Å²) in [6, 6.07) is 12.9. The van der Waals surface area contributed by atoms with Crippen LogP contribution in [0.15, 0.2) is 72.7 Å². The van der Waals surface area contributed by atoms with Crippen molar-refractivity contribution in [3.8, 4) is 0 Å². The van der Waals surface area contributed by atoms with Gasteiger partial charge in [-0.3, -0.25) is 9.69 Å². The fraction of sp³-hybridized carbons (Fsp3) is 0.318. The van der Waals surface area contributed by atoms with E-state index in [9.17, 15) is 13.2 Å². The molecule has 0 radical (unpaired) electrons. The molecular formula is C22H27N3O3S. The number of fused-ring (bicyclic) bond motifs is 1. The lowest BCUT2D eigenvalue weighted by atomic mass is 10.1. The van der Waals surface area contributed by atoms with E-state index in [0.717, 1.165) is 10.8 Å². The molecule has 1 aliphatic rings. The van der Waals surface area contributed by atoms with Gasteiger partial charge in [-0.2, -0.15) is 4.31 Å². The van der Waals surface area contributed by atoms with E-state index in [1.165, 1.54) is 4.31 Å². The summed E-state index contributed by atoms with van der Waals surface area (Å²) in [5.41, 5.74) is 0. The molecular weight excluding hydrogens is 386 g/mol. The van der Waals surface area contributed by atoms with Crippen molar-refractivity contribution in [2.45, 2.75) is 4.90 Å². The molecule has 29 heavy (non-hydrogen) atoms. The van der Waals surface area contributed by atoms with E-state index in [0.29, 0.717) is 44.2 Å². The van der Waals surface area contributed by atoms with E-state index in [4.69, 9.17) is 0 Å². The van der Waals surface area contributed by atoms with Gasteiger partial charge in [0.1, 0.15) is 0 Å². The highest BCUT2D eigenvalue weighted by molar-refractivity contribution is 7.89. The minimum Gasteiger partial charge on any atom is -0.339 e. The third-order valence-electron chi connectivity index (χ3n) is 5.08. The zero-order valence-corrected chi connectivity index (χ0v) is 17.4. The van der Waals surface area contributed by atoms with Crippen molar-refractivity contribution in [2.75, 3.05) is 45.8 Å². The molecule has 3 rings (SSSR count). The first-order valence-electron chi connectivity index (χ1n) is 9.66. The summed E-state index contributed by atoms with van der Waals surface area (Å²) >= 11 is 0. The predicted octanol–water partition coefficient (Wildman–Crippen LogP) is 2.35. The van der Waals surface area contributed by atoms with Gasteiger partial charge in [-0.05, 0) is 22.9 Å². The van der Waals surface area contributed by atoms with Crippen LogP contribution in [0.5, 0.6) is 0 Å². The summed E-state index contributed by atoms with van der Waals surface area (Å²) in [5.74, 6) is -0.00328. The molecule has 1 heterocycles. The van der Waals surface area contributed by atoms with Gasteiger partial charge < -0.3 is 4.90 Å². The molecule has 0 aromatic heterocycles. The third-order valence-corrected chi connectivity index (χ3v) is 6.98. The van der Waals surface area contributed by atoms with Crippen LogP contribution in [0.2, 0.25) is 0 Å². The molecule has 6 nitrogen and oxygen atoms in total. The highest BCUT2D eigenvalue weighted by atomic mass is 32.2. The van der Waals surface area contributed by atoms with Crippen LogP contribution in [0.1, 0.15) is 0 Å². The van der Waals surface area contributed by atoms with Gasteiger partial charge >= 0.3 is 0 Å².